The molecular weight excluding hydrogens is 216 g/mol. The summed E-state index contributed by atoms with van der Waals surface area (Å²) in [4.78, 5) is 4.35. The highest BCUT2D eigenvalue weighted by Crippen LogP contribution is 2.34. The largest absolute Gasteiger partial charge is 0.481 e. The predicted octanol–water partition coefficient (Wildman–Crippen LogP) is 1.75. The molecule has 0 atom stereocenters. The van der Waals surface area contributed by atoms with Crippen LogP contribution in [0.5, 0.6) is 5.88 Å². The van der Waals surface area contributed by atoms with Crippen LogP contribution in [0.15, 0.2) is 18.2 Å². The fourth-order valence-electron chi connectivity index (χ4n) is 2.11. The van der Waals surface area contributed by atoms with Crippen molar-refractivity contribution in [2.75, 3.05) is 20.8 Å². The summed E-state index contributed by atoms with van der Waals surface area (Å²) in [5.41, 5.74) is 1.06. The molecular formula is C13H20N2O2. The maximum atomic E-state index is 5.55. The minimum atomic E-state index is 0.0683. The Balaban J connectivity index is 1.81. The van der Waals surface area contributed by atoms with Crippen LogP contribution in [-0.2, 0) is 11.3 Å². The van der Waals surface area contributed by atoms with Crippen LogP contribution in [0.25, 0.3) is 0 Å². The van der Waals surface area contributed by atoms with Crippen molar-refractivity contribution in [2.24, 2.45) is 0 Å². The number of ether oxygens (including phenoxy) is 2. The number of pyridine rings is 1. The zero-order valence-electron chi connectivity index (χ0n) is 10.5. The minimum Gasteiger partial charge on any atom is -0.481 e. The number of methoxy groups -OCH3 is 2. The molecule has 94 valence electrons. The van der Waals surface area contributed by atoms with Gasteiger partial charge in [0.15, 0.2) is 0 Å². The molecule has 0 spiro atoms. The third kappa shape index (κ3) is 2.96. The van der Waals surface area contributed by atoms with Gasteiger partial charge in [-0.3, -0.25) is 0 Å². The van der Waals surface area contributed by atoms with Crippen LogP contribution in [0.4, 0.5) is 0 Å². The Morgan fingerprint density at radius 3 is 2.76 bits per heavy atom. The highest BCUT2D eigenvalue weighted by atomic mass is 16.5. The Bertz CT molecular complexity index is 359. The van der Waals surface area contributed by atoms with Crippen molar-refractivity contribution in [2.45, 2.75) is 31.4 Å². The molecule has 0 aliphatic heterocycles. The van der Waals surface area contributed by atoms with Crippen LogP contribution in [-0.4, -0.2) is 31.3 Å². The van der Waals surface area contributed by atoms with Gasteiger partial charge >= 0.3 is 0 Å². The summed E-state index contributed by atoms with van der Waals surface area (Å²) in [6, 6.07) is 5.81. The Morgan fingerprint density at radius 2 is 2.18 bits per heavy atom. The summed E-state index contributed by atoms with van der Waals surface area (Å²) in [5, 5.41) is 3.40. The first-order chi connectivity index (χ1) is 8.28. The molecule has 0 saturated heterocycles. The average molecular weight is 236 g/mol. The third-order valence-electron chi connectivity index (χ3n) is 3.44. The van der Waals surface area contributed by atoms with E-state index in [4.69, 9.17) is 9.47 Å². The van der Waals surface area contributed by atoms with Crippen LogP contribution in [0.3, 0.4) is 0 Å². The normalized spacial score (nSPS) is 17.5. The van der Waals surface area contributed by atoms with Crippen LogP contribution in [0, 0.1) is 0 Å². The SMILES string of the molecule is COc1cccc(CNCC2(OC)CCC2)n1. The van der Waals surface area contributed by atoms with Gasteiger partial charge < -0.3 is 14.8 Å². The zero-order chi connectivity index (χ0) is 12.1. The number of hydrogen-bond donors (Lipinski definition) is 1. The van der Waals surface area contributed by atoms with E-state index in [0.29, 0.717) is 5.88 Å². The fraction of sp³-hybridized carbons (Fsp3) is 0.615. The van der Waals surface area contributed by atoms with Gasteiger partial charge in [-0.05, 0) is 25.3 Å². The lowest BCUT2D eigenvalue weighted by atomic mass is 9.80. The average Bonchev–Trinajstić information content (AvgIpc) is 2.33. The van der Waals surface area contributed by atoms with E-state index < -0.39 is 0 Å². The third-order valence-corrected chi connectivity index (χ3v) is 3.44. The van der Waals surface area contributed by atoms with Gasteiger partial charge in [0.1, 0.15) is 0 Å². The molecule has 1 aromatic rings. The van der Waals surface area contributed by atoms with Crippen LogP contribution in [0.2, 0.25) is 0 Å². The smallest absolute Gasteiger partial charge is 0.213 e. The molecule has 1 heterocycles. The summed E-state index contributed by atoms with van der Waals surface area (Å²) >= 11 is 0. The second-order valence-corrected chi connectivity index (χ2v) is 4.52. The van der Waals surface area contributed by atoms with E-state index in [1.54, 1.807) is 14.2 Å². The van der Waals surface area contributed by atoms with Crippen molar-refractivity contribution in [1.29, 1.82) is 0 Å². The molecule has 0 unspecified atom stereocenters. The maximum Gasteiger partial charge on any atom is 0.213 e. The van der Waals surface area contributed by atoms with E-state index in [-0.39, 0.29) is 5.60 Å². The number of aromatic nitrogens is 1. The summed E-state index contributed by atoms with van der Waals surface area (Å²) < 4.78 is 10.6. The van der Waals surface area contributed by atoms with Gasteiger partial charge in [0.05, 0.1) is 18.4 Å². The lowest BCUT2D eigenvalue weighted by Crippen LogP contribution is -2.47. The summed E-state index contributed by atoms with van der Waals surface area (Å²) in [6.45, 7) is 1.64. The molecule has 0 aromatic carbocycles. The summed E-state index contributed by atoms with van der Waals surface area (Å²) in [6.07, 6.45) is 3.58. The Hall–Kier alpha value is -1.13. The zero-order valence-corrected chi connectivity index (χ0v) is 10.5. The van der Waals surface area contributed by atoms with Crippen molar-refractivity contribution in [3.8, 4) is 5.88 Å². The van der Waals surface area contributed by atoms with Crippen molar-refractivity contribution in [1.82, 2.24) is 10.3 Å². The van der Waals surface area contributed by atoms with Gasteiger partial charge in [-0.2, -0.15) is 0 Å². The number of nitrogens with zero attached hydrogens (tertiary/aromatic N) is 1. The quantitative estimate of drug-likeness (QED) is 0.817. The van der Waals surface area contributed by atoms with E-state index in [1.807, 2.05) is 18.2 Å². The number of nitrogens with one attached hydrogen (secondary N) is 1. The molecule has 17 heavy (non-hydrogen) atoms. The molecule has 2 rings (SSSR count). The lowest BCUT2D eigenvalue weighted by molar-refractivity contribution is -0.0695. The van der Waals surface area contributed by atoms with E-state index >= 15 is 0 Å². The second-order valence-electron chi connectivity index (χ2n) is 4.52. The molecule has 1 aliphatic carbocycles. The first kappa shape index (κ1) is 12.3. The molecule has 4 nitrogen and oxygen atoms in total. The van der Waals surface area contributed by atoms with Crippen molar-refractivity contribution in [3.05, 3.63) is 23.9 Å². The molecule has 0 amide bonds. The lowest BCUT2D eigenvalue weighted by Gasteiger charge is -2.40. The predicted molar refractivity (Wildman–Crippen MR) is 66.1 cm³/mol. The molecule has 0 bridgehead atoms. The van der Waals surface area contributed by atoms with E-state index in [0.717, 1.165) is 31.6 Å². The summed E-state index contributed by atoms with van der Waals surface area (Å²) in [5.74, 6) is 0.661. The molecule has 0 radical (unpaired) electrons. The number of hydrogen-bond acceptors (Lipinski definition) is 4. The van der Waals surface area contributed by atoms with Gasteiger partial charge in [0.25, 0.3) is 0 Å². The van der Waals surface area contributed by atoms with Crippen LogP contribution in [0.1, 0.15) is 25.0 Å². The molecule has 1 aliphatic rings. The van der Waals surface area contributed by atoms with Crippen LogP contribution >= 0.6 is 0 Å². The van der Waals surface area contributed by atoms with Gasteiger partial charge in [-0.25, -0.2) is 4.98 Å². The first-order valence-corrected chi connectivity index (χ1v) is 6.04. The van der Waals surface area contributed by atoms with Crippen molar-refractivity contribution >= 4 is 0 Å². The fourth-order valence-corrected chi connectivity index (χ4v) is 2.11. The first-order valence-electron chi connectivity index (χ1n) is 6.04. The van der Waals surface area contributed by atoms with Crippen molar-refractivity contribution < 1.29 is 9.47 Å². The molecule has 4 heteroatoms. The topological polar surface area (TPSA) is 43.4 Å². The second kappa shape index (κ2) is 5.47. The highest BCUT2D eigenvalue weighted by Gasteiger charge is 2.36. The van der Waals surface area contributed by atoms with E-state index in [2.05, 4.69) is 10.3 Å². The van der Waals surface area contributed by atoms with Gasteiger partial charge in [-0.15, -0.1) is 0 Å². The summed E-state index contributed by atoms with van der Waals surface area (Å²) in [7, 11) is 3.43. The van der Waals surface area contributed by atoms with Crippen LogP contribution < -0.4 is 10.1 Å². The van der Waals surface area contributed by atoms with E-state index in [1.165, 1.54) is 6.42 Å². The molecule has 1 saturated carbocycles. The van der Waals surface area contributed by atoms with Gasteiger partial charge in [0.2, 0.25) is 5.88 Å². The Morgan fingerprint density at radius 1 is 1.35 bits per heavy atom. The standard InChI is InChI=1S/C13H20N2O2/c1-16-12-6-3-5-11(15-12)9-14-10-13(17-2)7-4-8-13/h3,5-6,14H,4,7-10H2,1-2H3. The number of rotatable bonds is 6. The molecule has 1 aromatic heterocycles. The minimum absolute atomic E-state index is 0.0683. The Labute approximate surface area is 102 Å². The van der Waals surface area contributed by atoms with Gasteiger partial charge in [0, 0.05) is 26.3 Å². The highest BCUT2D eigenvalue weighted by molar-refractivity contribution is 5.15. The van der Waals surface area contributed by atoms with E-state index in [9.17, 15) is 0 Å². The van der Waals surface area contributed by atoms with Gasteiger partial charge in [-0.1, -0.05) is 6.07 Å². The molecule has 1 fully saturated rings. The van der Waals surface area contributed by atoms with Crippen molar-refractivity contribution in [3.63, 3.8) is 0 Å². The monoisotopic (exact) mass is 236 g/mol. The Kier molecular flexibility index (Phi) is 3.97. The molecule has 1 N–H and O–H groups in total. The maximum absolute atomic E-state index is 5.55.